The zero-order valence-corrected chi connectivity index (χ0v) is 21.0. The molecule has 1 saturated heterocycles. The van der Waals surface area contributed by atoms with Gasteiger partial charge in [0.25, 0.3) is 0 Å². The van der Waals surface area contributed by atoms with Crippen molar-refractivity contribution >= 4 is 31.6 Å². The number of nitrogens with zero attached hydrogens (tertiary/aromatic N) is 2. The standard InChI is InChI=1S/C23H31N3O6S2/c1-19(26(33(2,28)29)20-9-5-3-6-10-20)23(27)24-15-18-32-21-11-13-22(14-12-21)34(30,31)25-16-7-4-8-17-25/h3,5-6,9-14,19H,4,7-8,15-18H2,1-2H3,(H,24,27). The summed E-state index contributed by atoms with van der Waals surface area (Å²) in [6.07, 6.45) is 3.85. The van der Waals surface area contributed by atoms with Crippen LogP contribution in [-0.4, -0.2) is 65.6 Å². The lowest BCUT2D eigenvalue weighted by molar-refractivity contribution is -0.121. The van der Waals surface area contributed by atoms with Crippen LogP contribution in [0.5, 0.6) is 5.75 Å². The predicted octanol–water partition coefficient (Wildman–Crippen LogP) is 2.21. The number of para-hydroxylation sites is 1. The second-order valence-electron chi connectivity index (χ2n) is 8.15. The van der Waals surface area contributed by atoms with Crippen molar-refractivity contribution in [2.24, 2.45) is 0 Å². The molecule has 11 heteroatoms. The van der Waals surface area contributed by atoms with Crippen LogP contribution in [0.15, 0.2) is 59.5 Å². The Morgan fingerprint density at radius 1 is 1.00 bits per heavy atom. The summed E-state index contributed by atoms with van der Waals surface area (Å²) in [5, 5.41) is 2.68. The van der Waals surface area contributed by atoms with Gasteiger partial charge in [-0.15, -0.1) is 0 Å². The number of carbonyl (C=O) groups is 1. The fraction of sp³-hybridized carbons (Fsp3) is 0.435. The van der Waals surface area contributed by atoms with E-state index in [0.29, 0.717) is 24.5 Å². The molecule has 1 fully saturated rings. The molecule has 0 radical (unpaired) electrons. The van der Waals surface area contributed by atoms with Gasteiger partial charge < -0.3 is 10.1 Å². The number of sulfonamides is 2. The first-order valence-corrected chi connectivity index (χ1v) is 14.4. The van der Waals surface area contributed by atoms with Crippen molar-refractivity contribution in [1.82, 2.24) is 9.62 Å². The van der Waals surface area contributed by atoms with Gasteiger partial charge in [0, 0.05) is 13.1 Å². The quantitative estimate of drug-likeness (QED) is 0.492. The number of amides is 1. The monoisotopic (exact) mass is 509 g/mol. The Bertz CT molecular complexity index is 1160. The summed E-state index contributed by atoms with van der Waals surface area (Å²) < 4.78 is 58.2. The van der Waals surface area contributed by atoms with Crippen LogP contribution >= 0.6 is 0 Å². The van der Waals surface area contributed by atoms with Crippen LogP contribution in [-0.2, 0) is 24.8 Å². The fourth-order valence-corrected chi connectivity index (χ4v) is 6.53. The van der Waals surface area contributed by atoms with Crippen molar-refractivity contribution in [3.05, 3.63) is 54.6 Å². The van der Waals surface area contributed by atoms with E-state index in [1.165, 1.54) is 23.4 Å². The molecule has 0 saturated carbocycles. The second-order valence-corrected chi connectivity index (χ2v) is 11.9. The van der Waals surface area contributed by atoms with E-state index in [1.54, 1.807) is 42.5 Å². The maximum atomic E-state index is 12.7. The molecule has 2 aromatic carbocycles. The topological polar surface area (TPSA) is 113 Å². The SMILES string of the molecule is CC(C(=O)NCCOc1ccc(S(=O)(=O)N2CCCCC2)cc1)N(c1ccccc1)S(C)(=O)=O. The van der Waals surface area contributed by atoms with Crippen LogP contribution in [0, 0.1) is 0 Å². The van der Waals surface area contributed by atoms with Crippen molar-refractivity contribution in [2.45, 2.75) is 37.1 Å². The lowest BCUT2D eigenvalue weighted by atomic mass is 10.2. The molecule has 0 spiro atoms. The van der Waals surface area contributed by atoms with Gasteiger partial charge in [0.05, 0.1) is 23.4 Å². The Morgan fingerprint density at radius 3 is 2.21 bits per heavy atom. The molecule has 9 nitrogen and oxygen atoms in total. The minimum atomic E-state index is -3.67. The van der Waals surface area contributed by atoms with E-state index in [2.05, 4.69) is 5.32 Å². The van der Waals surface area contributed by atoms with E-state index >= 15 is 0 Å². The van der Waals surface area contributed by atoms with Gasteiger partial charge in [-0.1, -0.05) is 24.6 Å². The molecule has 0 bridgehead atoms. The number of rotatable bonds is 10. The summed E-state index contributed by atoms with van der Waals surface area (Å²) >= 11 is 0. The molecule has 0 aromatic heterocycles. The molecule has 1 atom stereocenters. The summed E-state index contributed by atoms with van der Waals surface area (Å²) in [6, 6.07) is 13.7. The lowest BCUT2D eigenvalue weighted by Crippen LogP contribution is -2.48. The van der Waals surface area contributed by atoms with Gasteiger partial charge >= 0.3 is 0 Å². The molecule has 1 heterocycles. The van der Waals surface area contributed by atoms with E-state index in [0.717, 1.165) is 29.8 Å². The highest BCUT2D eigenvalue weighted by Crippen LogP contribution is 2.23. The van der Waals surface area contributed by atoms with Crippen LogP contribution in [0.25, 0.3) is 0 Å². The Kier molecular flexibility index (Phi) is 8.56. The summed E-state index contributed by atoms with van der Waals surface area (Å²) in [7, 11) is -7.17. The molecule has 1 amide bonds. The molecule has 0 aliphatic carbocycles. The minimum absolute atomic E-state index is 0.140. The average Bonchev–Trinajstić information content (AvgIpc) is 2.82. The third-order valence-electron chi connectivity index (χ3n) is 5.55. The predicted molar refractivity (Wildman–Crippen MR) is 131 cm³/mol. The minimum Gasteiger partial charge on any atom is -0.492 e. The van der Waals surface area contributed by atoms with E-state index in [-0.39, 0.29) is 18.0 Å². The zero-order chi connectivity index (χ0) is 24.8. The van der Waals surface area contributed by atoms with Crippen molar-refractivity contribution in [1.29, 1.82) is 0 Å². The summed E-state index contributed by atoms with van der Waals surface area (Å²) in [5.41, 5.74) is 0.406. The average molecular weight is 510 g/mol. The van der Waals surface area contributed by atoms with Crippen molar-refractivity contribution in [2.75, 3.05) is 36.8 Å². The van der Waals surface area contributed by atoms with E-state index in [4.69, 9.17) is 4.74 Å². The number of nitrogens with one attached hydrogen (secondary N) is 1. The van der Waals surface area contributed by atoms with E-state index < -0.39 is 32.0 Å². The third-order valence-corrected chi connectivity index (χ3v) is 8.70. The Morgan fingerprint density at radius 2 is 1.62 bits per heavy atom. The van der Waals surface area contributed by atoms with Crippen LogP contribution in [0.3, 0.4) is 0 Å². The largest absolute Gasteiger partial charge is 0.492 e. The molecular weight excluding hydrogens is 478 g/mol. The molecule has 1 aliphatic rings. The highest BCUT2D eigenvalue weighted by Gasteiger charge is 2.29. The Hall–Kier alpha value is -2.63. The number of carbonyl (C=O) groups excluding carboxylic acids is 1. The maximum Gasteiger partial charge on any atom is 0.243 e. The van der Waals surface area contributed by atoms with Gasteiger partial charge in [0.2, 0.25) is 26.0 Å². The van der Waals surface area contributed by atoms with Gasteiger partial charge in [0.1, 0.15) is 18.4 Å². The normalized spacial score (nSPS) is 15.9. The third kappa shape index (κ3) is 6.49. The van der Waals surface area contributed by atoms with Crippen LogP contribution in [0.1, 0.15) is 26.2 Å². The zero-order valence-electron chi connectivity index (χ0n) is 19.4. The lowest BCUT2D eigenvalue weighted by Gasteiger charge is -2.28. The summed E-state index contributed by atoms with van der Waals surface area (Å²) in [5.74, 6) is 0.0165. The van der Waals surface area contributed by atoms with Crippen LogP contribution < -0.4 is 14.4 Å². The van der Waals surface area contributed by atoms with Crippen LogP contribution in [0.2, 0.25) is 0 Å². The first kappa shape index (κ1) is 26.0. The first-order valence-electron chi connectivity index (χ1n) is 11.2. The van der Waals surface area contributed by atoms with E-state index in [9.17, 15) is 21.6 Å². The summed E-state index contributed by atoms with van der Waals surface area (Å²) in [4.78, 5) is 12.8. The smallest absolute Gasteiger partial charge is 0.243 e. The first-order chi connectivity index (χ1) is 16.1. The summed E-state index contributed by atoms with van der Waals surface area (Å²) in [6.45, 7) is 2.90. The Labute approximate surface area is 201 Å². The number of ether oxygens (including phenoxy) is 1. The maximum absolute atomic E-state index is 12.7. The van der Waals surface area contributed by atoms with Gasteiger partial charge in [-0.3, -0.25) is 9.10 Å². The molecule has 186 valence electrons. The van der Waals surface area contributed by atoms with Gasteiger partial charge in [-0.05, 0) is 56.2 Å². The van der Waals surface area contributed by atoms with Crippen LogP contribution in [0.4, 0.5) is 5.69 Å². The molecule has 2 aromatic rings. The molecule has 1 N–H and O–H groups in total. The Balaban J connectivity index is 1.52. The number of piperidine rings is 1. The molecule has 1 unspecified atom stereocenters. The van der Waals surface area contributed by atoms with Gasteiger partial charge in [-0.25, -0.2) is 16.8 Å². The number of benzene rings is 2. The van der Waals surface area contributed by atoms with Gasteiger partial charge in [-0.2, -0.15) is 4.31 Å². The molecule has 1 aliphatic heterocycles. The van der Waals surface area contributed by atoms with E-state index in [1.807, 2.05) is 0 Å². The molecular formula is C23H31N3O6S2. The fourth-order valence-electron chi connectivity index (χ4n) is 3.84. The highest BCUT2D eigenvalue weighted by atomic mass is 32.2. The van der Waals surface area contributed by atoms with Crippen molar-refractivity contribution < 1.29 is 26.4 Å². The second kappa shape index (κ2) is 11.2. The highest BCUT2D eigenvalue weighted by molar-refractivity contribution is 7.92. The number of anilines is 1. The van der Waals surface area contributed by atoms with Crippen molar-refractivity contribution in [3.8, 4) is 5.75 Å². The number of hydrogen-bond donors (Lipinski definition) is 1. The molecule has 3 rings (SSSR count). The number of hydrogen-bond acceptors (Lipinski definition) is 6. The molecule has 34 heavy (non-hydrogen) atoms. The van der Waals surface area contributed by atoms with Gasteiger partial charge in [0.15, 0.2) is 0 Å². The van der Waals surface area contributed by atoms with Crippen molar-refractivity contribution in [3.63, 3.8) is 0 Å².